The molecule has 0 saturated heterocycles. The molecule has 0 bridgehead atoms. The number of rotatable bonds is 11. The molecule has 0 aliphatic carbocycles. The third-order valence-corrected chi connectivity index (χ3v) is 6.45. The number of nitrogens with two attached hydrogens (primary N) is 1. The number of amides is 2. The van der Waals surface area contributed by atoms with Crippen LogP contribution in [0.25, 0.3) is 6.08 Å². The van der Waals surface area contributed by atoms with Crippen molar-refractivity contribution in [3.63, 3.8) is 0 Å². The number of ether oxygens (including phenoxy) is 1. The van der Waals surface area contributed by atoms with Crippen LogP contribution in [0.5, 0.6) is 5.75 Å². The van der Waals surface area contributed by atoms with Gasteiger partial charge in [-0.3, -0.25) is 19.4 Å². The summed E-state index contributed by atoms with van der Waals surface area (Å²) in [6, 6.07) is 15.8. The summed E-state index contributed by atoms with van der Waals surface area (Å²) in [5.41, 5.74) is 9.69. The lowest BCUT2D eigenvalue weighted by atomic mass is 10.0. The molecule has 1 aliphatic heterocycles. The highest BCUT2D eigenvalue weighted by Gasteiger charge is 2.21. The van der Waals surface area contributed by atoms with Crippen molar-refractivity contribution in [2.24, 2.45) is 10.7 Å². The molecule has 3 N–H and O–H groups in total. The summed E-state index contributed by atoms with van der Waals surface area (Å²) in [4.78, 5) is 49.0. The number of hydrogen-bond donors (Lipinski definition) is 2. The first-order chi connectivity index (χ1) is 19.9. The number of hydrogen-bond acceptors (Lipinski definition) is 7. The molecular weight excluding hydrogens is 518 g/mol. The number of carbonyl (C=O) groups excluding carboxylic acids is 3. The van der Waals surface area contributed by atoms with Gasteiger partial charge in [0, 0.05) is 42.4 Å². The van der Waals surface area contributed by atoms with E-state index in [1.165, 1.54) is 0 Å². The molecule has 0 fully saturated rings. The molecule has 0 spiro atoms. The molecule has 9 heteroatoms. The predicted octanol–water partition coefficient (Wildman–Crippen LogP) is 5.30. The topological polar surface area (TPSA) is 127 Å². The SMILES string of the molecule is CCCN(CCC)C(=O)C1=Cc2ccc(C(=O)Nc3cncc(CCC(=O)Oc4ccccc4)c3)cc2N=C(N)C1. The number of pyridine rings is 1. The average molecular weight is 554 g/mol. The van der Waals surface area contributed by atoms with E-state index in [9.17, 15) is 14.4 Å². The fourth-order valence-electron chi connectivity index (χ4n) is 4.54. The fraction of sp³-hybridized carbons (Fsp3) is 0.281. The molecule has 212 valence electrons. The Bertz CT molecular complexity index is 1460. The zero-order valence-electron chi connectivity index (χ0n) is 23.4. The van der Waals surface area contributed by atoms with E-state index in [0.717, 1.165) is 24.0 Å². The number of anilines is 1. The van der Waals surface area contributed by atoms with Crippen LogP contribution < -0.4 is 15.8 Å². The Morgan fingerprint density at radius 3 is 2.49 bits per heavy atom. The van der Waals surface area contributed by atoms with Gasteiger partial charge in [0.2, 0.25) is 5.91 Å². The summed E-state index contributed by atoms with van der Waals surface area (Å²) in [6.45, 7) is 5.46. The smallest absolute Gasteiger partial charge is 0.311 e. The number of amidine groups is 1. The molecular formula is C32H35N5O4. The van der Waals surface area contributed by atoms with E-state index in [1.54, 1.807) is 60.9 Å². The molecule has 1 aliphatic rings. The van der Waals surface area contributed by atoms with E-state index < -0.39 is 0 Å². The number of benzene rings is 2. The molecule has 0 radical (unpaired) electrons. The van der Waals surface area contributed by atoms with E-state index in [1.807, 2.05) is 30.9 Å². The van der Waals surface area contributed by atoms with Crippen LogP contribution in [0.3, 0.4) is 0 Å². The van der Waals surface area contributed by atoms with Crippen LogP contribution >= 0.6 is 0 Å². The number of nitrogens with one attached hydrogen (secondary N) is 1. The molecule has 2 amide bonds. The normalized spacial score (nSPS) is 12.3. The van der Waals surface area contributed by atoms with Crippen molar-refractivity contribution in [2.75, 3.05) is 18.4 Å². The van der Waals surface area contributed by atoms with Gasteiger partial charge in [0.15, 0.2) is 0 Å². The van der Waals surface area contributed by atoms with Crippen LogP contribution in [-0.4, -0.2) is 46.6 Å². The number of nitrogens with zero attached hydrogens (tertiary/aromatic N) is 3. The summed E-state index contributed by atoms with van der Waals surface area (Å²) in [5, 5.41) is 2.86. The third kappa shape index (κ3) is 8.11. The molecule has 0 unspecified atom stereocenters. The van der Waals surface area contributed by atoms with Gasteiger partial charge in [-0.15, -0.1) is 0 Å². The Morgan fingerprint density at radius 2 is 1.76 bits per heavy atom. The fourth-order valence-corrected chi connectivity index (χ4v) is 4.54. The minimum atomic E-state index is -0.349. The lowest BCUT2D eigenvalue weighted by Gasteiger charge is -2.22. The first kappa shape index (κ1) is 29.2. The second kappa shape index (κ2) is 14.0. The van der Waals surface area contributed by atoms with Crippen molar-refractivity contribution < 1.29 is 19.1 Å². The number of fused-ring (bicyclic) bond motifs is 1. The number of para-hydroxylation sites is 1. The van der Waals surface area contributed by atoms with Crippen LogP contribution in [0.1, 0.15) is 61.0 Å². The van der Waals surface area contributed by atoms with Crippen molar-refractivity contribution in [1.82, 2.24) is 9.88 Å². The molecule has 0 saturated carbocycles. The first-order valence-electron chi connectivity index (χ1n) is 13.8. The second-order valence-corrected chi connectivity index (χ2v) is 9.84. The van der Waals surface area contributed by atoms with Crippen molar-refractivity contribution in [3.8, 4) is 5.75 Å². The first-order valence-corrected chi connectivity index (χ1v) is 13.8. The minimum Gasteiger partial charge on any atom is -0.427 e. The Kier molecular flexibility index (Phi) is 9.99. The highest BCUT2D eigenvalue weighted by atomic mass is 16.5. The molecule has 9 nitrogen and oxygen atoms in total. The maximum absolute atomic E-state index is 13.2. The molecule has 0 atom stereocenters. The van der Waals surface area contributed by atoms with E-state index in [0.29, 0.717) is 53.6 Å². The van der Waals surface area contributed by atoms with E-state index in [4.69, 9.17) is 10.5 Å². The maximum Gasteiger partial charge on any atom is 0.311 e. The van der Waals surface area contributed by atoms with Crippen LogP contribution in [0, 0.1) is 0 Å². The Morgan fingerprint density at radius 1 is 1.00 bits per heavy atom. The highest BCUT2D eigenvalue weighted by Crippen LogP contribution is 2.29. The molecule has 2 aromatic carbocycles. The van der Waals surface area contributed by atoms with Gasteiger partial charge in [0.05, 0.1) is 24.0 Å². The Hall–Kier alpha value is -4.79. The molecule has 2 heterocycles. The molecule has 4 rings (SSSR count). The van der Waals surface area contributed by atoms with Gasteiger partial charge in [-0.05, 0) is 61.2 Å². The predicted molar refractivity (Wildman–Crippen MR) is 160 cm³/mol. The molecule has 1 aromatic heterocycles. The van der Waals surface area contributed by atoms with E-state index in [2.05, 4.69) is 15.3 Å². The van der Waals surface area contributed by atoms with E-state index >= 15 is 0 Å². The van der Waals surface area contributed by atoms with Gasteiger partial charge < -0.3 is 20.7 Å². The summed E-state index contributed by atoms with van der Waals surface area (Å²) >= 11 is 0. The van der Waals surface area contributed by atoms with Crippen LogP contribution in [0.2, 0.25) is 0 Å². The Balaban J connectivity index is 1.43. The van der Waals surface area contributed by atoms with Gasteiger partial charge in [-0.2, -0.15) is 0 Å². The van der Waals surface area contributed by atoms with Gasteiger partial charge in [0.1, 0.15) is 11.6 Å². The van der Waals surface area contributed by atoms with Crippen LogP contribution in [0.4, 0.5) is 11.4 Å². The summed E-state index contributed by atoms with van der Waals surface area (Å²) in [7, 11) is 0. The molecule has 41 heavy (non-hydrogen) atoms. The lowest BCUT2D eigenvalue weighted by Crippen LogP contribution is -2.34. The largest absolute Gasteiger partial charge is 0.427 e. The van der Waals surface area contributed by atoms with E-state index in [-0.39, 0.29) is 30.6 Å². The maximum atomic E-state index is 13.2. The number of aryl methyl sites for hydroxylation is 1. The van der Waals surface area contributed by atoms with Crippen LogP contribution in [0.15, 0.2) is 77.6 Å². The minimum absolute atomic E-state index is 0.0396. The number of aliphatic imine (C=N–C) groups is 1. The van der Waals surface area contributed by atoms with Gasteiger partial charge in [-0.25, -0.2) is 4.99 Å². The standard InChI is InChI=1S/C32H35N5O4/c1-3-14-37(15-4-2)32(40)25-17-23-11-12-24(18-28(23)36-29(33)19-25)31(39)35-26-16-22(20-34-21-26)10-13-30(38)41-27-8-6-5-7-9-27/h5-9,11-12,16-18,20-21H,3-4,10,13-15,19H2,1-2H3,(H2,33,36)(H,35,39). The quantitative estimate of drug-likeness (QED) is 0.245. The van der Waals surface area contributed by atoms with Crippen molar-refractivity contribution in [3.05, 3.63) is 89.3 Å². The third-order valence-electron chi connectivity index (χ3n) is 6.45. The molecule has 3 aromatic rings. The summed E-state index contributed by atoms with van der Waals surface area (Å²) < 4.78 is 5.33. The highest BCUT2D eigenvalue weighted by molar-refractivity contribution is 6.07. The zero-order chi connectivity index (χ0) is 29.2. The summed E-state index contributed by atoms with van der Waals surface area (Å²) in [6.07, 6.45) is 7.59. The van der Waals surface area contributed by atoms with Crippen molar-refractivity contribution in [2.45, 2.75) is 46.0 Å². The second-order valence-electron chi connectivity index (χ2n) is 9.84. The number of aromatic nitrogens is 1. The Labute approximate surface area is 240 Å². The lowest BCUT2D eigenvalue weighted by molar-refractivity contribution is -0.134. The van der Waals surface area contributed by atoms with Crippen molar-refractivity contribution >= 4 is 41.1 Å². The average Bonchev–Trinajstić information content (AvgIpc) is 3.13. The zero-order valence-corrected chi connectivity index (χ0v) is 23.4. The number of carbonyl (C=O) groups is 3. The van der Waals surface area contributed by atoms with Gasteiger partial charge in [0.25, 0.3) is 5.91 Å². The summed E-state index contributed by atoms with van der Waals surface area (Å²) in [5.74, 6) is 0.0823. The van der Waals surface area contributed by atoms with Crippen molar-refractivity contribution in [1.29, 1.82) is 0 Å². The van der Waals surface area contributed by atoms with Crippen LogP contribution in [-0.2, 0) is 16.0 Å². The van der Waals surface area contributed by atoms with Gasteiger partial charge in [-0.1, -0.05) is 38.1 Å². The number of esters is 1. The monoisotopic (exact) mass is 553 g/mol. The van der Waals surface area contributed by atoms with Gasteiger partial charge >= 0.3 is 5.97 Å².